The third kappa shape index (κ3) is 3.79. The molecule has 2 atom stereocenters. The Balaban J connectivity index is 1.25. The van der Waals surface area contributed by atoms with Crippen LogP contribution in [0.1, 0.15) is 50.1 Å². The number of rotatable bonds is 6. The number of aromatic nitrogens is 5. The van der Waals surface area contributed by atoms with Crippen molar-refractivity contribution in [2.24, 2.45) is 0 Å². The Bertz CT molecular complexity index is 1110. The molecule has 0 bridgehead atoms. The highest BCUT2D eigenvalue weighted by Crippen LogP contribution is 2.39. The zero-order chi connectivity index (χ0) is 21.5. The number of carbonyl (C=O) groups is 1. The fourth-order valence-electron chi connectivity index (χ4n) is 4.80. The number of H-pyrrole nitrogens is 1. The second-order valence-electron chi connectivity index (χ2n) is 9.09. The summed E-state index contributed by atoms with van der Waals surface area (Å²) in [7, 11) is 0. The molecule has 1 amide bonds. The van der Waals surface area contributed by atoms with Crippen LogP contribution in [0.4, 0.5) is 17.7 Å². The van der Waals surface area contributed by atoms with Gasteiger partial charge in [-0.1, -0.05) is 0 Å². The summed E-state index contributed by atoms with van der Waals surface area (Å²) in [5, 5.41) is 17.5. The molecule has 2 aliphatic heterocycles. The lowest BCUT2D eigenvalue weighted by Crippen LogP contribution is -2.51. The van der Waals surface area contributed by atoms with Crippen molar-refractivity contribution in [3.8, 4) is 0 Å². The molecule has 5 heterocycles. The summed E-state index contributed by atoms with van der Waals surface area (Å²) in [5.74, 6) is 2.65. The standard InChI is InChI=1S/C22H29N9O/c32-20(24-15-4-1-9-23-13-15)17-5-2-10-30(17)22-26-19-6-3-11-31(19)21(27-22)25-18-12-16(28-29-18)14-7-8-14/h3,6,11-12,14-15,17,23H,1-2,4-5,7-10,13H2,(H,24,32)(H2,25,26,27,28,29)/t15-,17-/m1/s1. The van der Waals surface area contributed by atoms with Gasteiger partial charge in [0, 0.05) is 43.0 Å². The van der Waals surface area contributed by atoms with Crippen LogP contribution in [0, 0.1) is 0 Å². The number of nitrogens with one attached hydrogen (secondary N) is 4. The maximum absolute atomic E-state index is 13.1. The van der Waals surface area contributed by atoms with Crippen molar-refractivity contribution >= 4 is 29.3 Å². The minimum absolute atomic E-state index is 0.0749. The Labute approximate surface area is 186 Å². The lowest BCUT2D eigenvalue weighted by molar-refractivity contribution is -0.123. The molecule has 0 radical (unpaired) electrons. The van der Waals surface area contributed by atoms with Gasteiger partial charge in [0.25, 0.3) is 0 Å². The quantitative estimate of drug-likeness (QED) is 0.467. The van der Waals surface area contributed by atoms with E-state index in [1.54, 1.807) is 0 Å². The third-order valence-corrected chi connectivity index (χ3v) is 6.69. The first kappa shape index (κ1) is 19.5. The van der Waals surface area contributed by atoms with Crippen LogP contribution < -0.4 is 20.9 Å². The van der Waals surface area contributed by atoms with E-state index in [9.17, 15) is 4.79 Å². The number of hydrogen-bond acceptors (Lipinski definition) is 7. The topological polar surface area (TPSA) is 115 Å². The lowest BCUT2D eigenvalue weighted by Gasteiger charge is -2.28. The number of amides is 1. The summed E-state index contributed by atoms with van der Waals surface area (Å²) in [4.78, 5) is 24.7. The first-order valence-corrected chi connectivity index (χ1v) is 11.7. The van der Waals surface area contributed by atoms with Gasteiger partial charge in [-0.15, -0.1) is 0 Å². The zero-order valence-corrected chi connectivity index (χ0v) is 18.0. The van der Waals surface area contributed by atoms with Gasteiger partial charge in [-0.05, 0) is 57.2 Å². The number of anilines is 3. The monoisotopic (exact) mass is 435 g/mol. The summed E-state index contributed by atoms with van der Waals surface area (Å²) in [6.07, 6.45) is 8.25. The van der Waals surface area contributed by atoms with Gasteiger partial charge in [-0.25, -0.2) is 0 Å². The Morgan fingerprint density at radius 3 is 2.94 bits per heavy atom. The van der Waals surface area contributed by atoms with Crippen LogP contribution in [0.25, 0.3) is 5.65 Å². The number of hydrogen-bond donors (Lipinski definition) is 4. The molecule has 6 rings (SSSR count). The van der Waals surface area contributed by atoms with E-state index in [0.29, 0.717) is 17.8 Å². The molecule has 10 heteroatoms. The van der Waals surface area contributed by atoms with E-state index in [1.165, 1.54) is 18.5 Å². The van der Waals surface area contributed by atoms with Gasteiger partial charge in [0.15, 0.2) is 5.82 Å². The van der Waals surface area contributed by atoms with Crippen molar-refractivity contribution in [3.05, 3.63) is 30.1 Å². The van der Waals surface area contributed by atoms with Crippen molar-refractivity contribution in [1.82, 2.24) is 35.2 Å². The van der Waals surface area contributed by atoms with Crippen LogP contribution in [-0.2, 0) is 4.79 Å². The second kappa shape index (κ2) is 8.09. The molecule has 3 aromatic heterocycles. The number of carbonyl (C=O) groups excluding carboxylic acids is 1. The summed E-state index contributed by atoms with van der Waals surface area (Å²) in [5.41, 5.74) is 1.96. The van der Waals surface area contributed by atoms with E-state index >= 15 is 0 Å². The second-order valence-corrected chi connectivity index (χ2v) is 9.09. The van der Waals surface area contributed by atoms with Crippen LogP contribution in [0.2, 0.25) is 0 Å². The van der Waals surface area contributed by atoms with Crippen molar-refractivity contribution in [1.29, 1.82) is 0 Å². The molecule has 4 N–H and O–H groups in total. The van der Waals surface area contributed by atoms with Gasteiger partial charge in [0.2, 0.25) is 17.8 Å². The van der Waals surface area contributed by atoms with Crippen LogP contribution in [-0.4, -0.2) is 62.2 Å². The van der Waals surface area contributed by atoms with E-state index in [2.05, 4.69) is 32.2 Å². The fraction of sp³-hybridized carbons (Fsp3) is 0.545. The number of fused-ring (bicyclic) bond motifs is 1. The molecule has 3 aromatic rings. The average Bonchev–Trinajstić information content (AvgIpc) is 3.20. The van der Waals surface area contributed by atoms with Gasteiger partial charge in [-0.2, -0.15) is 15.1 Å². The van der Waals surface area contributed by atoms with Gasteiger partial charge in [-0.3, -0.25) is 14.3 Å². The Morgan fingerprint density at radius 2 is 2.09 bits per heavy atom. The predicted molar refractivity (Wildman–Crippen MR) is 121 cm³/mol. The first-order valence-electron chi connectivity index (χ1n) is 11.7. The molecule has 3 aliphatic rings. The highest BCUT2D eigenvalue weighted by Gasteiger charge is 2.34. The largest absolute Gasteiger partial charge is 0.350 e. The maximum Gasteiger partial charge on any atom is 0.243 e. The fourth-order valence-corrected chi connectivity index (χ4v) is 4.80. The summed E-state index contributed by atoms with van der Waals surface area (Å²) in [6.45, 7) is 2.64. The average molecular weight is 436 g/mol. The van der Waals surface area contributed by atoms with Crippen molar-refractivity contribution in [2.75, 3.05) is 29.9 Å². The zero-order valence-electron chi connectivity index (χ0n) is 18.0. The number of nitrogens with zero attached hydrogens (tertiary/aromatic N) is 5. The summed E-state index contributed by atoms with van der Waals surface area (Å²) >= 11 is 0. The van der Waals surface area contributed by atoms with Crippen LogP contribution in [0.5, 0.6) is 0 Å². The Kier molecular flexibility index (Phi) is 4.94. The van der Waals surface area contributed by atoms with Crippen molar-refractivity contribution in [3.63, 3.8) is 0 Å². The van der Waals surface area contributed by atoms with E-state index in [0.717, 1.165) is 56.8 Å². The molecule has 0 unspecified atom stereocenters. The van der Waals surface area contributed by atoms with Gasteiger partial charge < -0.3 is 20.9 Å². The number of piperidine rings is 1. The van der Waals surface area contributed by atoms with Gasteiger partial charge in [0.05, 0.1) is 0 Å². The van der Waals surface area contributed by atoms with Gasteiger partial charge >= 0.3 is 0 Å². The van der Waals surface area contributed by atoms with E-state index in [-0.39, 0.29) is 18.0 Å². The maximum atomic E-state index is 13.1. The Hall–Kier alpha value is -3.14. The Morgan fingerprint density at radius 1 is 1.16 bits per heavy atom. The lowest BCUT2D eigenvalue weighted by atomic mass is 10.1. The third-order valence-electron chi connectivity index (χ3n) is 6.69. The molecule has 3 fully saturated rings. The van der Waals surface area contributed by atoms with E-state index in [4.69, 9.17) is 9.97 Å². The minimum atomic E-state index is -0.242. The first-order chi connectivity index (χ1) is 15.7. The predicted octanol–water partition coefficient (Wildman–Crippen LogP) is 1.91. The van der Waals surface area contributed by atoms with E-state index < -0.39 is 0 Å². The minimum Gasteiger partial charge on any atom is -0.350 e. The molecular formula is C22H29N9O. The van der Waals surface area contributed by atoms with Crippen molar-refractivity contribution in [2.45, 2.75) is 56.5 Å². The SMILES string of the molecule is O=C(N[C@@H]1CCCNC1)[C@H]1CCCN1c1nc(Nc2cc(C3CC3)[nH]n2)n2cccc2n1. The van der Waals surface area contributed by atoms with Crippen LogP contribution in [0.3, 0.4) is 0 Å². The van der Waals surface area contributed by atoms with E-state index in [1.807, 2.05) is 27.6 Å². The molecule has 1 saturated carbocycles. The van der Waals surface area contributed by atoms with Crippen molar-refractivity contribution < 1.29 is 4.79 Å². The van der Waals surface area contributed by atoms with Crippen LogP contribution >= 0.6 is 0 Å². The molecule has 168 valence electrons. The molecule has 2 saturated heterocycles. The molecule has 0 aromatic carbocycles. The molecule has 32 heavy (non-hydrogen) atoms. The molecule has 1 aliphatic carbocycles. The molecule has 0 spiro atoms. The summed E-state index contributed by atoms with van der Waals surface area (Å²) < 4.78 is 1.91. The highest BCUT2D eigenvalue weighted by molar-refractivity contribution is 5.85. The van der Waals surface area contributed by atoms with Gasteiger partial charge in [0.1, 0.15) is 11.7 Å². The normalized spacial score (nSPS) is 23.6. The summed E-state index contributed by atoms with van der Waals surface area (Å²) in [6, 6.07) is 5.91. The molecule has 10 nitrogen and oxygen atoms in total. The van der Waals surface area contributed by atoms with Crippen LogP contribution in [0.15, 0.2) is 24.4 Å². The highest BCUT2D eigenvalue weighted by atomic mass is 16.2. The molecular weight excluding hydrogens is 406 g/mol. The number of aromatic amines is 1. The smallest absolute Gasteiger partial charge is 0.243 e.